The Morgan fingerprint density at radius 1 is 1.14 bits per heavy atom. The molecule has 8 heteroatoms. The molecule has 0 aliphatic carbocycles. The van der Waals surface area contributed by atoms with Crippen LogP contribution >= 0.6 is 8.03 Å². The zero-order chi connectivity index (χ0) is 25.9. The molecule has 3 atom stereocenters. The molecule has 3 rings (SSSR count). The van der Waals surface area contributed by atoms with Crippen LogP contribution < -0.4 is 4.74 Å². The van der Waals surface area contributed by atoms with Crippen LogP contribution in [0.2, 0.25) is 0 Å². The zero-order valence-corrected chi connectivity index (χ0v) is 20.9. The van der Waals surface area contributed by atoms with Crippen LogP contribution in [0.3, 0.4) is 0 Å². The lowest BCUT2D eigenvalue weighted by molar-refractivity contribution is -0.138. The number of aliphatic hydroxyl groups excluding tert-OH is 1. The number of aryl methyl sites for hydroxylation is 1. The summed E-state index contributed by atoms with van der Waals surface area (Å²) < 4.78 is 31.9. The van der Waals surface area contributed by atoms with Gasteiger partial charge >= 0.3 is 5.97 Å². The number of hydrogen-bond donors (Lipinski definition) is 2. The minimum absolute atomic E-state index is 0.0271. The maximum atomic E-state index is 14.0. The molecule has 0 aliphatic heterocycles. The van der Waals surface area contributed by atoms with Crippen molar-refractivity contribution in [3.05, 3.63) is 71.7 Å². The fraction of sp³-hybridized carbons (Fsp3) is 0.259. The third-order valence-electron chi connectivity index (χ3n) is 5.79. The second kappa shape index (κ2) is 10.5. The number of carbonyl (C=O) groups is 1. The summed E-state index contributed by atoms with van der Waals surface area (Å²) in [6.07, 6.45) is 3.80. The first kappa shape index (κ1) is 26.3. The molecule has 182 valence electrons. The minimum Gasteiger partial charge on any atom is -0.422 e. The van der Waals surface area contributed by atoms with Gasteiger partial charge in [0.1, 0.15) is 5.82 Å². The number of aliphatic hydroxyl groups is 1. The molecule has 0 fully saturated rings. The molecule has 2 N–H and O–H groups in total. The Morgan fingerprint density at radius 2 is 1.80 bits per heavy atom. The van der Waals surface area contributed by atoms with Crippen molar-refractivity contribution in [2.45, 2.75) is 44.9 Å². The molecule has 0 aliphatic rings. The Kier molecular flexibility index (Phi) is 7.92. The number of pyridine rings is 1. The van der Waals surface area contributed by atoms with E-state index >= 15 is 0 Å². The van der Waals surface area contributed by atoms with Crippen LogP contribution in [0.4, 0.5) is 4.39 Å². The number of aromatic nitrogens is 1. The van der Waals surface area contributed by atoms with E-state index in [0.717, 1.165) is 12.5 Å². The van der Waals surface area contributed by atoms with E-state index in [4.69, 9.17) is 16.1 Å². The van der Waals surface area contributed by atoms with Gasteiger partial charge in [-0.15, -0.1) is 6.42 Å². The summed E-state index contributed by atoms with van der Waals surface area (Å²) in [5.74, 6) is 0.141. The molecule has 1 aromatic heterocycles. The SMILES string of the molecule is C#CC(C(=O)Oc1c(-c2ccc(F)c(C)c2)cc(-c2ccccc2)nc1C(C)C)(C(C)O)[PH](=O)O. The highest BCUT2D eigenvalue weighted by Gasteiger charge is 2.49. The number of carbonyl (C=O) groups excluding carboxylic acids is 1. The van der Waals surface area contributed by atoms with Crippen LogP contribution in [-0.4, -0.2) is 32.2 Å². The quantitative estimate of drug-likeness (QED) is 0.269. The second-order valence-electron chi connectivity index (χ2n) is 8.58. The van der Waals surface area contributed by atoms with Gasteiger partial charge in [0.15, 0.2) is 5.75 Å². The van der Waals surface area contributed by atoms with Gasteiger partial charge in [0.2, 0.25) is 13.2 Å². The van der Waals surface area contributed by atoms with E-state index in [1.165, 1.54) is 6.07 Å². The molecule has 0 saturated carbocycles. The zero-order valence-electron chi connectivity index (χ0n) is 19.9. The Labute approximate surface area is 204 Å². The maximum Gasteiger partial charge on any atom is 0.342 e. The van der Waals surface area contributed by atoms with Crippen molar-refractivity contribution in [3.63, 3.8) is 0 Å². The van der Waals surface area contributed by atoms with Gasteiger partial charge < -0.3 is 14.7 Å². The molecular formula is C27H27FNO5P. The van der Waals surface area contributed by atoms with Crippen LogP contribution in [0, 0.1) is 25.1 Å². The monoisotopic (exact) mass is 495 g/mol. The average Bonchev–Trinajstić information content (AvgIpc) is 2.81. The number of rotatable bonds is 7. The van der Waals surface area contributed by atoms with E-state index in [1.54, 1.807) is 25.1 Å². The molecule has 35 heavy (non-hydrogen) atoms. The Bertz CT molecular complexity index is 1320. The number of terminal acetylenes is 1. The molecule has 0 amide bonds. The number of ether oxygens (including phenoxy) is 1. The lowest BCUT2D eigenvalue weighted by Gasteiger charge is -2.27. The smallest absolute Gasteiger partial charge is 0.342 e. The maximum absolute atomic E-state index is 14.0. The van der Waals surface area contributed by atoms with Crippen molar-refractivity contribution < 1.29 is 28.5 Å². The first-order valence-electron chi connectivity index (χ1n) is 11.0. The molecule has 0 spiro atoms. The molecule has 2 aromatic carbocycles. The van der Waals surface area contributed by atoms with Crippen LogP contribution in [-0.2, 0) is 9.36 Å². The highest BCUT2D eigenvalue weighted by Crippen LogP contribution is 2.43. The normalized spacial score (nSPS) is 14.6. The summed E-state index contributed by atoms with van der Waals surface area (Å²) in [6.45, 7) is 6.48. The third kappa shape index (κ3) is 5.06. The number of halogens is 1. The predicted octanol–water partition coefficient (Wildman–Crippen LogP) is 5.11. The molecule has 1 heterocycles. The molecule has 6 nitrogen and oxygen atoms in total. The predicted molar refractivity (Wildman–Crippen MR) is 134 cm³/mol. The molecule has 0 radical (unpaired) electrons. The fourth-order valence-electron chi connectivity index (χ4n) is 3.69. The van der Waals surface area contributed by atoms with Crippen molar-refractivity contribution in [3.8, 4) is 40.5 Å². The van der Waals surface area contributed by atoms with E-state index in [0.29, 0.717) is 28.1 Å². The number of nitrogens with zero attached hydrogens (tertiary/aromatic N) is 1. The average molecular weight is 495 g/mol. The topological polar surface area (TPSA) is 96.7 Å². The molecule has 3 unspecified atom stereocenters. The van der Waals surface area contributed by atoms with Crippen LogP contribution in [0.5, 0.6) is 5.75 Å². The van der Waals surface area contributed by atoms with Crippen molar-refractivity contribution in [2.24, 2.45) is 0 Å². The summed E-state index contributed by atoms with van der Waals surface area (Å²) in [4.78, 5) is 27.8. The molecular weight excluding hydrogens is 468 g/mol. The van der Waals surface area contributed by atoms with E-state index in [2.05, 4.69) is 0 Å². The van der Waals surface area contributed by atoms with Gasteiger partial charge in [-0.3, -0.25) is 4.57 Å². The van der Waals surface area contributed by atoms with Crippen molar-refractivity contribution in [2.75, 3.05) is 0 Å². The van der Waals surface area contributed by atoms with Crippen LogP contribution in [0.1, 0.15) is 37.9 Å². The summed E-state index contributed by atoms with van der Waals surface area (Å²) in [5.41, 5.74) is 3.16. The Balaban J connectivity index is 2.32. The highest BCUT2D eigenvalue weighted by molar-refractivity contribution is 7.42. The lowest BCUT2D eigenvalue weighted by Crippen LogP contribution is -2.46. The van der Waals surface area contributed by atoms with Crippen molar-refractivity contribution in [1.29, 1.82) is 0 Å². The first-order valence-corrected chi connectivity index (χ1v) is 12.4. The number of hydrogen-bond acceptors (Lipinski definition) is 5. The summed E-state index contributed by atoms with van der Waals surface area (Å²) in [6, 6.07) is 15.5. The number of benzene rings is 2. The van der Waals surface area contributed by atoms with Gasteiger partial charge in [0.25, 0.3) is 0 Å². The van der Waals surface area contributed by atoms with Gasteiger partial charge in [0, 0.05) is 11.1 Å². The van der Waals surface area contributed by atoms with E-state index < -0.39 is 31.1 Å². The summed E-state index contributed by atoms with van der Waals surface area (Å²) in [5, 5.41) is 7.73. The minimum atomic E-state index is -3.75. The highest BCUT2D eigenvalue weighted by atomic mass is 31.1. The van der Waals surface area contributed by atoms with E-state index in [9.17, 15) is 23.7 Å². The third-order valence-corrected chi connectivity index (χ3v) is 7.23. The lowest BCUT2D eigenvalue weighted by atomic mass is 9.96. The van der Waals surface area contributed by atoms with Crippen molar-refractivity contribution >= 4 is 14.0 Å². The van der Waals surface area contributed by atoms with Gasteiger partial charge in [0.05, 0.1) is 17.5 Å². The first-order chi connectivity index (χ1) is 16.5. The van der Waals surface area contributed by atoms with Gasteiger partial charge in [-0.2, -0.15) is 0 Å². The largest absolute Gasteiger partial charge is 0.422 e. The standard InChI is InChI=1S/C27H27FNO5P/c1-6-27(18(5)30,35(32)33)26(31)34-25-21(20-12-13-22(28)17(4)14-20)15-23(29-24(25)16(2)3)19-10-8-7-9-11-19/h1,7-16,18,30,35H,2-5H3,(H,32,33). The molecule has 0 bridgehead atoms. The van der Waals surface area contributed by atoms with Gasteiger partial charge in [-0.1, -0.05) is 56.2 Å². The van der Waals surface area contributed by atoms with E-state index in [1.807, 2.05) is 50.1 Å². The Morgan fingerprint density at radius 3 is 2.31 bits per heavy atom. The number of esters is 1. The van der Waals surface area contributed by atoms with E-state index in [-0.39, 0.29) is 11.7 Å². The molecule has 0 saturated heterocycles. The van der Waals surface area contributed by atoms with Gasteiger partial charge in [-0.05, 0) is 49.1 Å². The van der Waals surface area contributed by atoms with Crippen LogP contribution in [0.25, 0.3) is 22.4 Å². The van der Waals surface area contributed by atoms with Gasteiger partial charge in [-0.25, -0.2) is 14.2 Å². The molecule has 3 aromatic rings. The summed E-state index contributed by atoms with van der Waals surface area (Å²) >= 11 is 0. The Hall–Kier alpha value is -3.30. The summed E-state index contributed by atoms with van der Waals surface area (Å²) in [7, 11) is -3.75. The van der Waals surface area contributed by atoms with Crippen LogP contribution in [0.15, 0.2) is 54.6 Å². The van der Waals surface area contributed by atoms with Crippen molar-refractivity contribution in [1.82, 2.24) is 4.98 Å². The second-order valence-corrected chi connectivity index (χ2v) is 9.98. The fourth-order valence-corrected chi connectivity index (χ4v) is 4.39.